The average molecular weight is 192 g/mol. The van der Waals surface area contributed by atoms with E-state index in [0.29, 0.717) is 0 Å². The Labute approximate surface area is 81.7 Å². The lowest BCUT2D eigenvalue weighted by Crippen LogP contribution is -2.13. The van der Waals surface area contributed by atoms with Gasteiger partial charge in [0.25, 0.3) is 0 Å². The zero-order chi connectivity index (χ0) is 10.7. The summed E-state index contributed by atoms with van der Waals surface area (Å²) in [4.78, 5) is 0. The quantitative estimate of drug-likeness (QED) is 0.650. The molecule has 0 aliphatic rings. The van der Waals surface area contributed by atoms with Crippen molar-refractivity contribution >= 4 is 0 Å². The van der Waals surface area contributed by atoms with Gasteiger partial charge in [0.15, 0.2) is 0 Å². The Morgan fingerprint density at radius 3 is 2.00 bits per heavy atom. The highest BCUT2D eigenvalue weighted by atomic mass is 16.5. The zero-order valence-corrected chi connectivity index (χ0v) is 9.29. The maximum atomic E-state index is 8.51. The van der Waals surface area contributed by atoms with Crippen molar-refractivity contribution in [3.63, 3.8) is 0 Å². The minimum atomic E-state index is -0.167. The summed E-state index contributed by atoms with van der Waals surface area (Å²) in [6.07, 6.45) is 2.08. The summed E-state index contributed by atoms with van der Waals surface area (Å²) in [5.41, 5.74) is 0. The fraction of sp³-hybridized carbons (Fsp3) is 1.00. The van der Waals surface area contributed by atoms with Gasteiger partial charge in [-0.25, -0.2) is 0 Å². The average Bonchev–Trinajstić information content (AvgIpc) is 2.03. The van der Waals surface area contributed by atoms with E-state index in [1.165, 1.54) is 0 Å². The van der Waals surface area contributed by atoms with Gasteiger partial charge in [0, 0.05) is 12.7 Å². The minimum Gasteiger partial charge on any atom is -0.394 e. The monoisotopic (exact) mass is 192 g/mol. The lowest BCUT2D eigenvalue weighted by Gasteiger charge is -2.07. The third-order valence-electron chi connectivity index (χ3n) is 1.16. The first-order valence-corrected chi connectivity index (χ1v) is 4.95. The van der Waals surface area contributed by atoms with E-state index in [1.54, 1.807) is 13.8 Å². The van der Waals surface area contributed by atoms with Crippen molar-refractivity contribution < 1.29 is 14.9 Å². The van der Waals surface area contributed by atoms with Crippen LogP contribution in [0, 0.1) is 0 Å². The maximum absolute atomic E-state index is 8.51. The van der Waals surface area contributed by atoms with Crippen LogP contribution in [0.25, 0.3) is 0 Å². The summed E-state index contributed by atoms with van der Waals surface area (Å²) in [7, 11) is 0. The molecule has 0 bridgehead atoms. The van der Waals surface area contributed by atoms with Gasteiger partial charge >= 0.3 is 0 Å². The van der Waals surface area contributed by atoms with Gasteiger partial charge in [-0.05, 0) is 27.2 Å². The third kappa shape index (κ3) is 24.5. The van der Waals surface area contributed by atoms with E-state index in [-0.39, 0.29) is 18.8 Å². The van der Waals surface area contributed by atoms with E-state index in [1.807, 2.05) is 6.92 Å². The van der Waals surface area contributed by atoms with E-state index in [0.717, 1.165) is 19.4 Å². The molecule has 1 atom stereocenters. The number of aliphatic hydroxyl groups excluding tert-OH is 2. The van der Waals surface area contributed by atoms with Crippen molar-refractivity contribution in [1.29, 1.82) is 0 Å². The summed E-state index contributed by atoms with van der Waals surface area (Å²) < 4.78 is 5.18. The third-order valence-corrected chi connectivity index (χ3v) is 1.16. The topological polar surface area (TPSA) is 49.7 Å². The second-order valence-corrected chi connectivity index (χ2v) is 3.31. The van der Waals surface area contributed by atoms with Gasteiger partial charge in [-0.2, -0.15) is 0 Å². The molecule has 0 aromatic carbocycles. The molecule has 82 valence electrons. The number of hydrogen-bond acceptors (Lipinski definition) is 3. The molecule has 0 aliphatic heterocycles. The Hall–Kier alpha value is -0.120. The van der Waals surface area contributed by atoms with Gasteiger partial charge < -0.3 is 14.9 Å². The zero-order valence-electron chi connectivity index (χ0n) is 9.29. The molecule has 0 amide bonds. The van der Waals surface area contributed by atoms with E-state index >= 15 is 0 Å². The molecule has 13 heavy (non-hydrogen) atoms. The minimum absolute atomic E-state index is 0.0107. The van der Waals surface area contributed by atoms with Crippen LogP contribution in [0.15, 0.2) is 0 Å². The molecule has 0 heterocycles. The van der Waals surface area contributed by atoms with Crippen LogP contribution in [0.1, 0.15) is 40.5 Å². The Bertz CT molecular complexity index is 81.5. The molecular formula is C10H24O3. The summed E-state index contributed by atoms with van der Waals surface area (Å²) >= 11 is 0. The van der Waals surface area contributed by atoms with Crippen LogP contribution in [0.4, 0.5) is 0 Å². The van der Waals surface area contributed by atoms with E-state index in [2.05, 4.69) is 6.92 Å². The van der Waals surface area contributed by atoms with Crippen LogP contribution in [0.3, 0.4) is 0 Å². The van der Waals surface area contributed by atoms with Gasteiger partial charge in [0.05, 0.1) is 12.7 Å². The van der Waals surface area contributed by atoms with Gasteiger partial charge in [0.2, 0.25) is 0 Å². The van der Waals surface area contributed by atoms with Crippen molar-refractivity contribution in [1.82, 2.24) is 0 Å². The molecule has 0 saturated carbocycles. The number of hydrogen-bond donors (Lipinski definition) is 2. The van der Waals surface area contributed by atoms with Crippen molar-refractivity contribution in [2.24, 2.45) is 0 Å². The first-order chi connectivity index (χ1) is 6.04. The Kier molecular flexibility index (Phi) is 14.0. The molecule has 1 unspecified atom stereocenters. The highest BCUT2D eigenvalue weighted by Gasteiger charge is 1.96. The molecule has 0 radical (unpaired) electrons. The van der Waals surface area contributed by atoms with E-state index in [4.69, 9.17) is 14.9 Å². The Morgan fingerprint density at radius 1 is 1.23 bits per heavy atom. The summed E-state index contributed by atoms with van der Waals surface area (Å²) in [6.45, 7) is 8.34. The second kappa shape index (κ2) is 11.9. The summed E-state index contributed by atoms with van der Waals surface area (Å²) in [5.74, 6) is 0. The fourth-order valence-electron chi connectivity index (χ4n) is 0.482. The summed E-state index contributed by atoms with van der Waals surface area (Å²) in [6, 6.07) is 0. The predicted octanol–water partition coefficient (Wildman–Crippen LogP) is 1.57. The maximum Gasteiger partial charge on any atom is 0.0777 e. The Balaban J connectivity index is 0. The smallest absolute Gasteiger partial charge is 0.0777 e. The highest BCUT2D eigenvalue weighted by Crippen LogP contribution is 1.92. The SMILES string of the molecule is CC(C)O.CCCCOC(C)CO. The molecule has 0 saturated heterocycles. The molecule has 0 aromatic rings. The van der Waals surface area contributed by atoms with Crippen molar-refractivity contribution in [2.45, 2.75) is 52.7 Å². The number of aliphatic hydroxyl groups is 2. The van der Waals surface area contributed by atoms with Crippen molar-refractivity contribution in [3.8, 4) is 0 Å². The number of rotatable bonds is 5. The summed E-state index contributed by atoms with van der Waals surface area (Å²) in [5, 5.41) is 16.6. The van der Waals surface area contributed by atoms with Gasteiger partial charge in [-0.15, -0.1) is 0 Å². The predicted molar refractivity (Wildman–Crippen MR) is 54.8 cm³/mol. The normalized spacial score (nSPS) is 12.2. The van der Waals surface area contributed by atoms with Gasteiger partial charge in [0.1, 0.15) is 0 Å². The molecule has 0 aliphatic carbocycles. The molecule has 3 nitrogen and oxygen atoms in total. The molecule has 0 spiro atoms. The van der Waals surface area contributed by atoms with Crippen LogP contribution in [-0.4, -0.2) is 35.6 Å². The molecule has 0 fully saturated rings. The lowest BCUT2D eigenvalue weighted by molar-refractivity contribution is 0.0237. The molecule has 2 N–H and O–H groups in total. The Morgan fingerprint density at radius 2 is 1.69 bits per heavy atom. The van der Waals surface area contributed by atoms with Crippen LogP contribution in [0.2, 0.25) is 0 Å². The lowest BCUT2D eigenvalue weighted by atomic mass is 10.3. The fourth-order valence-corrected chi connectivity index (χ4v) is 0.482. The number of ether oxygens (including phenoxy) is 1. The van der Waals surface area contributed by atoms with Crippen LogP contribution < -0.4 is 0 Å². The molecule has 0 rings (SSSR count). The standard InChI is InChI=1S/C7H16O2.C3H8O/c1-3-4-5-9-7(2)6-8;1-3(2)4/h7-8H,3-6H2,1-2H3;3-4H,1-2H3. The second-order valence-electron chi connectivity index (χ2n) is 3.31. The van der Waals surface area contributed by atoms with Crippen molar-refractivity contribution in [3.05, 3.63) is 0 Å². The van der Waals surface area contributed by atoms with Gasteiger partial charge in [-0.1, -0.05) is 13.3 Å². The van der Waals surface area contributed by atoms with Crippen LogP contribution in [0.5, 0.6) is 0 Å². The van der Waals surface area contributed by atoms with Gasteiger partial charge in [-0.3, -0.25) is 0 Å². The van der Waals surface area contributed by atoms with Crippen LogP contribution in [-0.2, 0) is 4.74 Å². The van der Waals surface area contributed by atoms with E-state index in [9.17, 15) is 0 Å². The number of unbranched alkanes of at least 4 members (excludes halogenated alkanes) is 1. The molecule has 3 heteroatoms. The molecule has 0 aromatic heterocycles. The first-order valence-electron chi connectivity index (χ1n) is 4.95. The van der Waals surface area contributed by atoms with E-state index < -0.39 is 0 Å². The highest BCUT2D eigenvalue weighted by molar-refractivity contribution is 4.43. The van der Waals surface area contributed by atoms with Crippen LogP contribution >= 0.6 is 0 Å². The largest absolute Gasteiger partial charge is 0.394 e. The van der Waals surface area contributed by atoms with Crippen molar-refractivity contribution in [2.75, 3.05) is 13.2 Å². The molecular weight excluding hydrogens is 168 g/mol. The first kappa shape index (κ1) is 15.4.